The molecule has 2 aromatic rings. The summed E-state index contributed by atoms with van der Waals surface area (Å²) in [6, 6.07) is 13.0. The first-order valence-electron chi connectivity index (χ1n) is 9.64. The molecule has 152 valence electrons. The van der Waals surface area contributed by atoms with Gasteiger partial charge in [0.2, 0.25) is 5.91 Å². The number of amides is 2. The number of halogens is 2. The topological polar surface area (TPSA) is 40.6 Å². The summed E-state index contributed by atoms with van der Waals surface area (Å²) in [6.45, 7) is 4.92. The zero-order valence-electron chi connectivity index (χ0n) is 16.3. The van der Waals surface area contributed by atoms with Gasteiger partial charge < -0.3 is 9.80 Å². The van der Waals surface area contributed by atoms with Gasteiger partial charge >= 0.3 is 0 Å². The molecule has 1 saturated heterocycles. The van der Waals surface area contributed by atoms with E-state index in [0.717, 1.165) is 16.8 Å². The molecular weight excluding hydrogens is 427 g/mol. The number of nitrogens with zero attached hydrogens (tertiary/aromatic N) is 2. The van der Waals surface area contributed by atoms with Gasteiger partial charge in [0, 0.05) is 34.3 Å². The number of thioether (sulfide) groups is 1. The van der Waals surface area contributed by atoms with E-state index in [4.69, 9.17) is 23.2 Å². The number of carbonyl (C=O) groups is 2. The van der Waals surface area contributed by atoms with E-state index in [1.807, 2.05) is 50.2 Å². The third-order valence-corrected chi connectivity index (χ3v) is 7.35. The maximum Gasteiger partial charge on any atom is 0.268 e. The van der Waals surface area contributed by atoms with Crippen LogP contribution in [0.1, 0.15) is 31.4 Å². The summed E-state index contributed by atoms with van der Waals surface area (Å²) in [7, 11) is 0. The van der Waals surface area contributed by atoms with Gasteiger partial charge in [0.1, 0.15) is 0 Å². The highest BCUT2D eigenvalue weighted by atomic mass is 35.5. The molecule has 4 nitrogen and oxygen atoms in total. The minimum Gasteiger partial charge on any atom is -0.315 e. The van der Waals surface area contributed by atoms with Crippen LogP contribution < -0.4 is 4.90 Å². The van der Waals surface area contributed by atoms with E-state index in [-0.39, 0.29) is 17.7 Å². The number of hydrogen-bond donors (Lipinski definition) is 0. The molecule has 2 aliphatic heterocycles. The van der Waals surface area contributed by atoms with Crippen molar-refractivity contribution in [2.45, 2.75) is 31.7 Å². The first-order chi connectivity index (χ1) is 13.8. The second-order valence-corrected chi connectivity index (χ2v) is 9.91. The minimum atomic E-state index is -1.05. The maximum atomic E-state index is 13.8. The van der Waals surface area contributed by atoms with E-state index >= 15 is 0 Å². The van der Waals surface area contributed by atoms with Crippen LogP contribution in [0.2, 0.25) is 10.0 Å². The highest BCUT2D eigenvalue weighted by Gasteiger charge is 2.59. The van der Waals surface area contributed by atoms with Gasteiger partial charge in [-0.1, -0.05) is 55.2 Å². The molecular formula is C22H22Cl2N2O2S. The van der Waals surface area contributed by atoms with E-state index in [1.165, 1.54) is 11.8 Å². The van der Waals surface area contributed by atoms with Gasteiger partial charge in [0.25, 0.3) is 5.91 Å². The molecule has 1 spiro atoms. The molecule has 7 heteroatoms. The molecule has 4 rings (SSSR count). The SMILES string of the molecule is CC(C)CC(=O)N1CCSC12C(=O)N(Cc1ccccc1Cl)c1ccc(Cl)cc12. The number of carbonyl (C=O) groups excluding carboxylic acids is 2. The van der Waals surface area contributed by atoms with Crippen molar-refractivity contribution in [1.82, 2.24) is 4.90 Å². The Morgan fingerprint density at radius 3 is 2.69 bits per heavy atom. The highest BCUT2D eigenvalue weighted by Crippen LogP contribution is 2.55. The second-order valence-electron chi connectivity index (χ2n) is 7.78. The van der Waals surface area contributed by atoms with Crippen molar-refractivity contribution < 1.29 is 9.59 Å². The number of rotatable bonds is 4. The highest BCUT2D eigenvalue weighted by molar-refractivity contribution is 8.01. The normalized spacial score (nSPS) is 20.8. The van der Waals surface area contributed by atoms with Gasteiger partial charge in [-0.25, -0.2) is 0 Å². The lowest BCUT2D eigenvalue weighted by molar-refractivity contribution is -0.140. The molecule has 0 radical (unpaired) electrons. The predicted molar refractivity (Wildman–Crippen MR) is 119 cm³/mol. The van der Waals surface area contributed by atoms with Crippen LogP contribution in [0, 0.1) is 5.92 Å². The molecule has 0 N–H and O–H groups in total. The zero-order chi connectivity index (χ0) is 20.8. The van der Waals surface area contributed by atoms with Gasteiger partial charge in [-0.05, 0) is 35.7 Å². The average Bonchev–Trinajstić information content (AvgIpc) is 3.20. The van der Waals surface area contributed by atoms with E-state index in [9.17, 15) is 9.59 Å². The summed E-state index contributed by atoms with van der Waals surface area (Å²) in [5.41, 5.74) is 2.45. The van der Waals surface area contributed by atoms with E-state index in [1.54, 1.807) is 15.9 Å². The summed E-state index contributed by atoms with van der Waals surface area (Å²) >= 11 is 14.2. The van der Waals surface area contributed by atoms with Gasteiger partial charge in [0.05, 0.1) is 12.2 Å². The van der Waals surface area contributed by atoms with Crippen LogP contribution in [0.15, 0.2) is 42.5 Å². The molecule has 1 unspecified atom stereocenters. The summed E-state index contributed by atoms with van der Waals surface area (Å²) in [4.78, 5) is 29.3. The van der Waals surface area contributed by atoms with Gasteiger partial charge in [0.15, 0.2) is 4.87 Å². The van der Waals surface area contributed by atoms with E-state index in [0.29, 0.717) is 35.3 Å². The molecule has 0 aromatic heterocycles. The van der Waals surface area contributed by atoms with Gasteiger partial charge in [-0.15, -0.1) is 11.8 Å². The predicted octanol–water partition coefficient (Wildman–Crippen LogP) is 5.31. The summed E-state index contributed by atoms with van der Waals surface area (Å²) < 4.78 is 0. The fraction of sp³-hybridized carbons (Fsp3) is 0.364. The molecule has 2 heterocycles. The standard InChI is InChI=1S/C22H22Cl2N2O2S/c1-14(2)11-20(27)26-9-10-29-22(26)17-12-16(23)7-8-19(17)25(21(22)28)13-15-5-3-4-6-18(15)24/h3-8,12,14H,9-11,13H2,1-2H3. The van der Waals surface area contributed by atoms with Crippen molar-refractivity contribution in [3.63, 3.8) is 0 Å². The minimum absolute atomic E-state index is 0.00358. The molecule has 0 aliphatic carbocycles. The average molecular weight is 449 g/mol. The lowest BCUT2D eigenvalue weighted by atomic mass is 10.0. The molecule has 1 atom stereocenters. The number of anilines is 1. The Hall–Kier alpha value is -1.69. The molecule has 0 bridgehead atoms. The summed E-state index contributed by atoms with van der Waals surface area (Å²) in [5.74, 6) is 0.833. The largest absolute Gasteiger partial charge is 0.315 e. The molecule has 0 saturated carbocycles. The van der Waals surface area contributed by atoms with Crippen LogP contribution in [0.4, 0.5) is 5.69 Å². The first kappa shape index (κ1) is 20.6. The van der Waals surface area contributed by atoms with Crippen molar-refractivity contribution in [2.24, 2.45) is 5.92 Å². The zero-order valence-corrected chi connectivity index (χ0v) is 18.7. The maximum absolute atomic E-state index is 13.8. The molecule has 2 aliphatic rings. The van der Waals surface area contributed by atoms with Crippen LogP contribution >= 0.6 is 35.0 Å². The lowest BCUT2D eigenvalue weighted by Crippen LogP contribution is -2.50. The Labute approximate surface area is 185 Å². The summed E-state index contributed by atoms with van der Waals surface area (Å²) in [5, 5.41) is 1.17. The fourth-order valence-electron chi connectivity index (χ4n) is 4.06. The quantitative estimate of drug-likeness (QED) is 0.635. The Balaban J connectivity index is 1.80. The Morgan fingerprint density at radius 2 is 1.97 bits per heavy atom. The Bertz CT molecular complexity index is 981. The fourth-order valence-corrected chi connectivity index (χ4v) is 5.90. The Morgan fingerprint density at radius 1 is 1.21 bits per heavy atom. The van der Waals surface area contributed by atoms with Crippen molar-refractivity contribution in [1.29, 1.82) is 0 Å². The van der Waals surface area contributed by atoms with Crippen molar-refractivity contribution in [2.75, 3.05) is 17.2 Å². The number of fused-ring (bicyclic) bond motifs is 2. The first-order valence-corrected chi connectivity index (χ1v) is 11.4. The van der Waals surface area contributed by atoms with Gasteiger partial charge in [-0.3, -0.25) is 9.59 Å². The van der Waals surface area contributed by atoms with Crippen LogP contribution in [0.3, 0.4) is 0 Å². The Kier molecular flexibility index (Phi) is 5.58. The van der Waals surface area contributed by atoms with E-state index < -0.39 is 4.87 Å². The van der Waals surface area contributed by atoms with Crippen LogP contribution in [-0.4, -0.2) is 29.0 Å². The second kappa shape index (κ2) is 7.86. The van der Waals surface area contributed by atoms with Crippen molar-refractivity contribution in [3.05, 3.63) is 63.6 Å². The van der Waals surface area contributed by atoms with Crippen molar-refractivity contribution in [3.8, 4) is 0 Å². The molecule has 2 aromatic carbocycles. The number of hydrogen-bond acceptors (Lipinski definition) is 3. The van der Waals surface area contributed by atoms with Crippen LogP contribution in [0.5, 0.6) is 0 Å². The van der Waals surface area contributed by atoms with Crippen LogP contribution in [-0.2, 0) is 21.0 Å². The molecule has 1 fully saturated rings. The lowest BCUT2D eigenvalue weighted by Gasteiger charge is -2.33. The molecule has 29 heavy (non-hydrogen) atoms. The molecule has 2 amide bonds. The summed E-state index contributed by atoms with van der Waals surface area (Å²) in [6.07, 6.45) is 0.413. The monoisotopic (exact) mass is 448 g/mol. The van der Waals surface area contributed by atoms with Crippen molar-refractivity contribution >= 4 is 52.5 Å². The van der Waals surface area contributed by atoms with Gasteiger partial charge in [-0.2, -0.15) is 0 Å². The third kappa shape index (κ3) is 3.43. The third-order valence-electron chi connectivity index (χ3n) is 5.33. The van der Waals surface area contributed by atoms with Crippen LogP contribution in [0.25, 0.3) is 0 Å². The number of benzene rings is 2. The smallest absolute Gasteiger partial charge is 0.268 e. The van der Waals surface area contributed by atoms with E-state index in [2.05, 4.69) is 0 Å².